The summed E-state index contributed by atoms with van der Waals surface area (Å²) in [5.41, 5.74) is 7.18. The summed E-state index contributed by atoms with van der Waals surface area (Å²) in [7, 11) is 0. The average molecular weight is 395 g/mol. The summed E-state index contributed by atoms with van der Waals surface area (Å²) >= 11 is 0. The normalized spacial score (nSPS) is 13.8. The van der Waals surface area contributed by atoms with E-state index < -0.39 is 24.3 Å². The number of carbonyl (C=O) groups excluding carboxylic acids is 4. The van der Waals surface area contributed by atoms with Gasteiger partial charge in [0.15, 0.2) is 6.29 Å². The third kappa shape index (κ3) is 4.40. The summed E-state index contributed by atoms with van der Waals surface area (Å²) in [5, 5.41) is 5.24. The van der Waals surface area contributed by atoms with Crippen molar-refractivity contribution in [2.24, 2.45) is 5.73 Å². The molecule has 2 amide bonds. The topological polar surface area (TPSA) is 118 Å². The van der Waals surface area contributed by atoms with E-state index in [2.05, 4.69) is 10.6 Å². The van der Waals surface area contributed by atoms with E-state index in [9.17, 15) is 23.6 Å². The molecule has 3 rings (SSSR count). The first-order chi connectivity index (χ1) is 13.9. The third-order valence-electron chi connectivity index (χ3n) is 4.86. The van der Waals surface area contributed by atoms with Crippen LogP contribution in [0.2, 0.25) is 12.6 Å². The molecule has 29 heavy (non-hydrogen) atoms. The fourth-order valence-corrected chi connectivity index (χ4v) is 3.40. The first-order valence-electron chi connectivity index (χ1n) is 9.09. The van der Waals surface area contributed by atoms with Crippen LogP contribution in [0.1, 0.15) is 31.8 Å². The number of aldehydes is 1. The van der Waals surface area contributed by atoms with Crippen LogP contribution < -0.4 is 16.4 Å². The monoisotopic (exact) mass is 395 g/mol. The van der Waals surface area contributed by atoms with E-state index in [0.29, 0.717) is 28.7 Å². The van der Waals surface area contributed by atoms with Crippen LogP contribution in [-0.2, 0) is 22.7 Å². The predicted octanol–water partition coefficient (Wildman–Crippen LogP) is 1.58. The van der Waals surface area contributed by atoms with Crippen LogP contribution in [0.4, 0.5) is 10.1 Å². The molecule has 1 fully saturated rings. The van der Waals surface area contributed by atoms with Crippen molar-refractivity contribution in [2.45, 2.75) is 25.7 Å². The number of rotatable bonds is 7. The molecule has 0 aliphatic carbocycles. The summed E-state index contributed by atoms with van der Waals surface area (Å²) in [4.78, 5) is 47.0. The van der Waals surface area contributed by atoms with Gasteiger partial charge in [0.05, 0.1) is 5.56 Å². The molecule has 0 saturated carbocycles. The van der Waals surface area contributed by atoms with Gasteiger partial charge in [0.1, 0.15) is 11.5 Å². The minimum Gasteiger partial charge on any atom is -0.381 e. The molecule has 0 unspecified atom stereocenters. The van der Waals surface area contributed by atoms with Crippen molar-refractivity contribution in [3.05, 3.63) is 64.5 Å². The third-order valence-corrected chi connectivity index (χ3v) is 4.86. The van der Waals surface area contributed by atoms with Crippen molar-refractivity contribution in [3.8, 4) is 0 Å². The number of hydrogen-bond acceptors (Lipinski definition) is 6. The Kier molecular flexibility index (Phi) is 6.18. The maximum absolute atomic E-state index is 14.3. The quantitative estimate of drug-likeness (QED) is 0.372. The molecule has 148 valence electrons. The van der Waals surface area contributed by atoms with E-state index in [-0.39, 0.29) is 37.0 Å². The molecule has 1 heterocycles. The number of nitrogens with one attached hydrogen (secondary N) is 2. The van der Waals surface area contributed by atoms with Gasteiger partial charge in [-0.1, -0.05) is 24.3 Å². The lowest BCUT2D eigenvalue weighted by molar-refractivity contribution is -0.128. The molecule has 1 aliphatic heterocycles. The number of halogens is 1. The molecule has 0 atom stereocenters. The van der Waals surface area contributed by atoms with Gasteiger partial charge in [-0.05, 0) is 17.7 Å². The number of carbonyl (C=O) groups is 4. The number of anilines is 1. The Hall–Kier alpha value is -3.33. The second-order valence-corrected chi connectivity index (χ2v) is 6.77. The molecule has 4 N–H and O–H groups in total. The summed E-state index contributed by atoms with van der Waals surface area (Å²) in [6.45, 7) is -0.616. The molecular formula is C20H19BFN3O4. The van der Waals surface area contributed by atoms with Gasteiger partial charge in [0, 0.05) is 42.5 Å². The predicted molar refractivity (Wildman–Crippen MR) is 106 cm³/mol. The molecule has 1 saturated heterocycles. The Labute approximate surface area is 166 Å². The van der Waals surface area contributed by atoms with Crippen molar-refractivity contribution in [1.82, 2.24) is 5.32 Å². The molecule has 7 nitrogen and oxygen atoms in total. The molecule has 2 aromatic rings. The van der Waals surface area contributed by atoms with E-state index in [1.54, 1.807) is 30.3 Å². The van der Waals surface area contributed by atoms with Gasteiger partial charge in [-0.15, -0.1) is 0 Å². The standard InChI is InChI=1S/C20H19BFN3O4/c22-19-12(3-1-4-13(19)11-26)10-24-16-6-2-5-14(15(16)9-23)20(29)21-7-17(27)25-18(28)8-21/h1-6,11,24H,7-10,23H2,(H,25,27,28). The van der Waals surface area contributed by atoms with Gasteiger partial charge >= 0.3 is 0 Å². The van der Waals surface area contributed by atoms with Crippen LogP contribution in [0.25, 0.3) is 0 Å². The number of amides is 2. The summed E-state index contributed by atoms with van der Waals surface area (Å²) in [5.74, 6) is -1.56. The maximum atomic E-state index is 14.3. The van der Waals surface area contributed by atoms with E-state index >= 15 is 0 Å². The van der Waals surface area contributed by atoms with E-state index in [1.807, 2.05) is 0 Å². The minimum absolute atomic E-state index is 0.0347. The van der Waals surface area contributed by atoms with Crippen LogP contribution >= 0.6 is 0 Å². The van der Waals surface area contributed by atoms with E-state index in [1.165, 1.54) is 6.07 Å². The fourth-order valence-electron chi connectivity index (χ4n) is 3.40. The van der Waals surface area contributed by atoms with Crippen LogP contribution in [0.15, 0.2) is 36.4 Å². The molecule has 0 spiro atoms. The smallest absolute Gasteiger partial charge is 0.248 e. The van der Waals surface area contributed by atoms with Crippen molar-refractivity contribution < 1.29 is 23.6 Å². The average Bonchev–Trinajstić information content (AvgIpc) is 2.71. The number of hydrogen-bond donors (Lipinski definition) is 3. The highest BCUT2D eigenvalue weighted by atomic mass is 19.1. The Bertz CT molecular complexity index is 980. The summed E-state index contributed by atoms with van der Waals surface area (Å²) in [6.07, 6.45) is 0.330. The van der Waals surface area contributed by atoms with Gasteiger partial charge in [-0.2, -0.15) is 0 Å². The number of benzene rings is 2. The lowest BCUT2D eigenvalue weighted by atomic mass is 9.39. The zero-order chi connectivity index (χ0) is 21.0. The second-order valence-electron chi connectivity index (χ2n) is 6.77. The molecule has 0 bridgehead atoms. The highest BCUT2D eigenvalue weighted by Crippen LogP contribution is 2.24. The van der Waals surface area contributed by atoms with Crippen LogP contribution in [0.3, 0.4) is 0 Å². The highest BCUT2D eigenvalue weighted by Gasteiger charge is 2.35. The summed E-state index contributed by atoms with van der Waals surface area (Å²) in [6, 6.07) is 9.48. The van der Waals surface area contributed by atoms with Crippen molar-refractivity contribution in [2.75, 3.05) is 5.32 Å². The zero-order valence-electron chi connectivity index (χ0n) is 15.5. The number of nitrogens with two attached hydrogens (primary N) is 1. The lowest BCUT2D eigenvalue weighted by Crippen LogP contribution is -2.45. The Morgan fingerprint density at radius 2 is 1.86 bits per heavy atom. The Morgan fingerprint density at radius 3 is 2.52 bits per heavy atom. The number of imide groups is 1. The van der Waals surface area contributed by atoms with Crippen LogP contribution in [0.5, 0.6) is 0 Å². The SMILES string of the molecule is NCc1c(NCc2cccc(C=O)c2F)cccc1C(=O)B1CC(=O)NC(=O)C1. The molecule has 0 aromatic heterocycles. The Morgan fingerprint density at radius 1 is 1.17 bits per heavy atom. The van der Waals surface area contributed by atoms with Crippen molar-refractivity contribution >= 4 is 36.2 Å². The van der Waals surface area contributed by atoms with Gasteiger partial charge in [-0.3, -0.25) is 19.7 Å². The minimum atomic E-state index is -0.737. The van der Waals surface area contributed by atoms with Gasteiger partial charge < -0.3 is 15.8 Å². The van der Waals surface area contributed by atoms with Gasteiger partial charge in [0.2, 0.25) is 18.5 Å². The maximum Gasteiger partial charge on any atom is 0.248 e. The lowest BCUT2D eigenvalue weighted by Gasteiger charge is -2.20. The molecule has 1 aliphatic rings. The first-order valence-corrected chi connectivity index (χ1v) is 9.09. The molecular weight excluding hydrogens is 376 g/mol. The van der Waals surface area contributed by atoms with Gasteiger partial charge in [0.25, 0.3) is 0 Å². The van der Waals surface area contributed by atoms with Gasteiger partial charge in [-0.25, -0.2) is 4.39 Å². The van der Waals surface area contributed by atoms with Crippen molar-refractivity contribution in [3.63, 3.8) is 0 Å². The largest absolute Gasteiger partial charge is 0.381 e. The van der Waals surface area contributed by atoms with Crippen molar-refractivity contribution in [1.29, 1.82) is 0 Å². The van der Waals surface area contributed by atoms with E-state index in [0.717, 1.165) is 0 Å². The fraction of sp³-hybridized carbons (Fsp3) is 0.200. The Balaban J connectivity index is 1.84. The van der Waals surface area contributed by atoms with Crippen LogP contribution in [0, 0.1) is 5.82 Å². The second kappa shape index (κ2) is 8.79. The molecule has 2 aromatic carbocycles. The van der Waals surface area contributed by atoms with E-state index in [4.69, 9.17) is 5.73 Å². The highest BCUT2D eigenvalue weighted by molar-refractivity contribution is 6.96. The van der Waals surface area contributed by atoms with Crippen LogP contribution in [-0.4, -0.2) is 30.5 Å². The summed E-state index contributed by atoms with van der Waals surface area (Å²) < 4.78 is 14.3. The molecule has 9 heteroatoms. The molecule has 0 radical (unpaired) electrons. The zero-order valence-corrected chi connectivity index (χ0v) is 15.5. The first kappa shape index (κ1) is 20.4.